The van der Waals surface area contributed by atoms with Gasteiger partial charge in [0.2, 0.25) is 11.8 Å². The van der Waals surface area contributed by atoms with Gasteiger partial charge in [0.25, 0.3) is 0 Å². The third kappa shape index (κ3) is 5.28. The van der Waals surface area contributed by atoms with Gasteiger partial charge in [-0.05, 0) is 57.1 Å². The van der Waals surface area contributed by atoms with Gasteiger partial charge in [0.15, 0.2) is 0 Å². The molecule has 1 saturated carbocycles. The summed E-state index contributed by atoms with van der Waals surface area (Å²) in [7, 11) is -1.31. The van der Waals surface area contributed by atoms with E-state index in [0.717, 1.165) is 42.7 Å². The van der Waals surface area contributed by atoms with Crippen LogP contribution >= 0.6 is 0 Å². The summed E-state index contributed by atoms with van der Waals surface area (Å²) in [6.07, 6.45) is 4.32. The van der Waals surface area contributed by atoms with Crippen molar-refractivity contribution in [1.29, 1.82) is 0 Å². The molecule has 1 aromatic heterocycles. The van der Waals surface area contributed by atoms with Crippen molar-refractivity contribution in [1.82, 2.24) is 10.3 Å². The van der Waals surface area contributed by atoms with Crippen molar-refractivity contribution < 1.29 is 13.4 Å². The molecular formula is C21H28N2O3S. The Balaban J connectivity index is 1.56. The largest absolute Gasteiger partial charge is 0.441 e. The minimum atomic E-state index is -1.31. The number of oxazole rings is 1. The van der Waals surface area contributed by atoms with E-state index in [1.165, 1.54) is 0 Å². The Labute approximate surface area is 163 Å². The lowest BCUT2D eigenvalue weighted by atomic mass is 9.87. The van der Waals surface area contributed by atoms with Crippen LogP contribution in [-0.4, -0.2) is 26.9 Å². The number of rotatable bonds is 6. The Morgan fingerprint density at radius 2 is 1.93 bits per heavy atom. The molecule has 0 aliphatic heterocycles. The molecule has 1 atom stereocenters. The number of nitrogens with one attached hydrogen (secondary N) is 1. The number of carbonyl (C=O) groups excluding carboxylic acids is 1. The fraction of sp³-hybridized carbons (Fsp3) is 0.524. The Kier molecular flexibility index (Phi) is 6.47. The molecule has 0 radical (unpaired) electrons. The second-order valence-electron chi connectivity index (χ2n) is 7.59. The summed E-state index contributed by atoms with van der Waals surface area (Å²) in [6.45, 7) is 6.08. The zero-order valence-corrected chi connectivity index (χ0v) is 17.1. The molecule has 1 aromatic carbocycles. The maximum Gasteiger partial charge on any atom is 0.232 e. The lowest BCUT2D eigenvalue weighted by molar-refractivity contribution is -0.119. The van der Waals surface area contributed by atoms with Gasteiger partial charge in [-0.1, -0.05) is 25.1 Å². The SMILES string of the molecule is Cc1ccccc1-c1nc(CS(=O)CC(=O)NC2CCC(C)CC2)c(C)o1. The molecule has 1 N–H and O–H groups in total. The zero-order valence-electron chi connectivity index (χ0n) is 16.3. The summed E-state index contributed by atoms with van der Waals surface area (Å²) in [5, 5.41) is 3.03. The third-order valence-corrected chi connectivity index (χ3v) is 6.42. The molecule has 0 saturated heterocycles. The molecule has 1 aliphatic rings. The fourth-order valence-electron chi connectivity index (χ4n) is 3.51. The number of aromatic nitrogens is 1. The van der Waals surface area contributed by atoms with Crippen molar-refractivity contribution in [3.05, 3.63) is 41.3 Å². The van der Waals surface area contributed by atoms with Gasteiger partial charge < -0.3 is 9.73 Å². The van der Waals surface area contributed by atoms with E-state index in [1.807, 2.05) is 38.1 Å². The second kappa shape index (κ2) is 8.83. The Morgan fingerprint density at radius 3 is 2.63 bits per heavy atom. The molecule has 0 spiro atoms. The number of hydrogen-bond donors (Lipinski definition) is 1. The van der Waals surface area contributed by atoms with E-state index in [0.29, 0.717) is 17.3 Å². The van der Waals surface area contributed by atoms with E-state index in [-0.39, 0.29) is 23.5 Å². The van der Waals surface area contributed by atoms with Crippen molar-refractivity contribution in [2.45, 2.75) is 58.2 Å². The maximum absolute atomic E-state index is 12.5. The highest BCUT2D eigenvalue weighted by molar-refractivity contribution is 7.84. The first-order chi connectivity index (χ1) is 12.9. The standard InChI is InChI=1S/C21H28N2O3S/c1-14-8-10-17(11-9-14)22-20(24)13-27(25)12-19-16(3)26-21(23-19)18-7-5-4-6-15(18)2/h4-7,14,17H,8-13H2,1-3H3,(H,22,24). The molecule has 1 fully saturated rings. The number of nitrogens with zero attached hydrogens (tertiary/aromatic N) is 1. The first-order valence-corrected chi connectivity index (χ1v) is 11.1. The molecule has 6 heteroatoms. The van der Waals surface area contributed by atoms with Crippen LogP contribution in [0.4, 0.5) is 0 Å². The van der Waals surface area contributed by atoms with Gasteiger partial charge in [-0.2, -0.15) is 0 Å². The normalized spacial score (nSPS) is 21.0. The Bertz CT molecular complexity index is 823. The first kappa shape index (κ1) is 19.8. The minimum absolute atomic E-state index is 0.0120. The van der Waals surface area contributed by atoms with Crippen LogP contribution in [0.3, 0.4) is 0 Å². The molecular weight excluding hydrogens is 360 g/mol. The molecule has 1 unspecified atom stereocenters. The Morgan fingerprint density at radius 1 is 1.22 bits per heavy atom. The van der Waals surface area contributed by atoms with E-state index >= 15 is 0 Å². The van der Waals surface area contributed by atoms with Crippen molar-refractivity contribution in [3.8, 4) is 11.5 Å². The van der Waals surface area contributed by atoms with Gasteiger partial charge in [0, 0.05) is 22.4 Å². The fourth-order valence-corrected chi connectivity index (χ4v) is 4.56. The van der Waals surface area contributed by atoms with Crippen LogP contribution in [0.1, 0.15) is 49.6 Å². The topological polar surface area (TPSA) is 72.2 Å². The van der Waals surface area contributed by atoms with Gasteiger partial charge in [-0.25, -0.2) is 4.98 Å². The first-order valence-electron chi connectivity index (χ1n) is 9.59. The zero-order chi connectivity index (χ0) is 19.4. The number of benzene rings is 1. The van der Waals surface area contributed by atoms with E-state index in [2.05, 4.69) is 17.2 Å². The van der Waals surface area contributed by atoms with Crippen LogP contribution < -0.4 is 5.32 Å². The third-order valence-electron chi connectivity index (χ3n) is 5.24. The molecule has 2 aromatic rings. The summed E-state index contributed by atoms with van der Waals surface area (Å²) >= 11 is 0. The van der Waals surface area contributed by atoms with Gasteiger partial charge in [-0.3, -0.25) is 9.00 Å². The van der Waals surface area contributed by atoms with Crippen molar-refractivity contribution in [2.75, 3.05) is 5.75 Å². The summed E-state index contributed by atoms with van der Waals surface area (Å²) in [6, 6.07) is 8.10. The quantitative estimate of drug-likeness (QED) is 0.814. The van der Waals surface area contributed by atoms with Gasteiger partial charge in [-0.15, -0.1) is 0 Å². The number of carbonyl (C=O) groups is 1. The van der Waals surface area contributed by atoms with E-state index < -0.39 is 10.8 Å². The average Bonchev–Trinajstić information content (AvgIpc) is 2.97. The van der Waals surface area contributed by atoms with Crippen LogP contribution in [0.25, 0.3) is 11.5 Å². The van der Waals surface area contributed by atoms with Crippen LogP contribution in [0.15, 0.2) is 28.7 Å². The Hall–Kier alpha value is -1.95. The highest BCUT2D eigenvalue weighted by Gasteiger charge is 2.21. The van der Waals surface area contributed by atoms with Crippen molar-refractivity contribution in [2.24, 2.45) is 5.92 Å². The average molecular weight is 389 g/mol. The molecule has 1 amide bonds. The van der Waals surface area contributed by atoms with Crippen LogP contribution in [0.5, 0.6) is 0 Å². The van der Waals surface area contributed by atoms with E-state index in [9.17, 15) is 9.00 Å². The summed E-state index contributed by atoms with van der Waals surface area (Å²) in [5.74, 6) is 2.05. The van der Waals surface area contributed by atoms with Crippen LogP contribution in [0.2, 0.25) is 0 Å². The molecule has 27 heavy (non-hydrogen) atoms. The molecule has 5 nitrogen and oxygen atoms in total. The number of hydrogen-bond acceptors (Lipinski definition) is 4. The van der Waals surface area contributed by atoms with Crippen LogP contribution in [0, 0.1) is 19.8 Å². The summed E-state index contributed by atoms with van der Waals surface area (Å²) in [5.41, 5.74) is 2.67. The highest BCUT2D eigenvalue weighted by Crippen LogP contribution is 2.25. The second-order valence-corrected chi connectivity index (χ2v) is 9.05. The van der Waals surface area contributed by atoms with Gasteiger partial charge in [0.05, 0.1) is 11.4 Å². The highest BCUT2D eigenvalue weighted by atomic mass is 32.2. The van der Waals surface area contributed by atoms with E-state index in [1.54, 1.807) is 0 Å². The monoisotopic (exact) mass is 388 g/mol. The van der Waals surface area contributed by atoms with Crippen LogP contribution in [-0.2, 0) is 21.3 Å². The minimum Gasteiger partial charge on any atom is -0.441 e. The molecule has 146 valence electrons. The maximum atomic E-state index is 12.5. The van der Waals surface area contributed by atoms with Gasteiger partial charge in [0.1, 0.15) is 11.5 Å². The van der Waals surface area contributed by atoms with E-state index in [4.69, 9.17) is 4.42 Å². The number of aryl methyl sites for hydroxylation is 2. The van der Waals surface area contributed by atoms with Gasteiger partial charge >= 0.3 is 0 Å². The predicted octanol–water partition coefficient (Wildman–Crippen LogP) is 3.90. The van der Waals surface area contributed by atoms with Crippen molar-refractivity contribution >= 4 is 16.7 Å². The smallest absolute Gasteiger partial charge is 0.232 e. The molecule has 3 rings (SSSR count). The lowest BCUT2D eigenvalue weighted by Crippen LogP contribution is -2.39. The lowest BCUT2D eigenvalue weighted by Gasteiger charge is -2.26. The number of amides is 1. The van der Waals surface area contributed by atoms with Crippen molar-refractivity contribution in [3.63, 3.8) is 0 Å². The molecule has 0 bridgehead atoms. The predicted molar refractivity (Wildman–Crippen MR) is 108 cm³/mol. The molecule has 1 aliphatic carbocycles. The molecule has 1 heterocycles. The summed E-state index contributed by atoms with van der Waals surface area (Å²) in [4.78, 5) is 16.7. The summed E-state index contributed by atoms with van der Waals surface area (Å²) < 4.78 is 18.2.